The van der Waals surface area contributed by atoms with Gasteiger partial charge in [0, 0.05) is 18.3 Å². The number of carbonyl (C=O) groups is 1. The van der Waals surface area contributed by atoms with E-state index in [1.807, 2.05) is 50.3 Å². The normalized spacial score (nSPS) is 34.9. The number of fused-ring (bicyclic) bond motifs is 2. The smallest absolute Gasteiger partial charge is 0.138 e. The van der Waals surface area contributed by atoms with Gasteiger partial charge in [0.05, 0.1) is 7.11 Å². The molecule has 1 aliphatic carbocycles. The van der Waals surface area contributed by atoms with Crippen molar-refractivity contribution in [2.75, 3.05) is 7.11 Å². The summed E-state index contributed by atoms with van der Waals surface area (Å²) in [7, 11) is 1.65. The van der Waals surface area contributed by atoms with Crippen LogP contribution in [-0.4, -0.2) is 24.6 Å². The molecule has 0 amide bonds. The molecule has 3 rings (SSSR count). The van der Waals surface area contributed by atoms with Gasteiger partial charge in [0.15, 0.2) is 0 Å². The molecule has 0 radical (unpaired) electrons. The van der Waals surface area contributed by atoms with Gasteiger partial charge in [-0.15, -0.1) is 0 Å². The summed E-state index contributed by atoms with van der Waals surface area (Å²) in [6.07, 6.45) is 5.33. The van der Waals surface area contributed by atoms with Crippen molar-refractivity contribution in [2.24, 2.45) is 11.8 Å². The number of Topliss-reactive ketones (excluding diaryl/α,β-unsaturated/α-hetero) is 1. The molecular weight excluding hydrogens is 280 g/mol. The lowest BCUT2D eigenvalue weighted by Gasteiger charge is -2.45. The van der Waals surface area contributed by atoms with Crippen molar-refractivity contribution in [3.8, 4) is 5.75 Å². The number of ether oxygens (including phenoxy) is 1. The summed E-state index contributed by atoms with van der Waals surface area (Å²) in [6, 6.07) is 7.81. The fraction of sp³-hybridized carbons (Fsp3) is 0.500. The summed E-state index contributed by atoms with van der Waals surface area (Å²) in [5.74, 6) is 1.21. The van der Waals surface area contributed by atoms with Gasteiger partial charge in [-0.25, -0.2) is 9.78 Å². The van der Waals surface area contributed by atoms with Gasteiger partial charge in [-0.05, 0) is 37.1 Å². The number of benzene rings is 1. The molecule has 118 valence electrons. The molecule has 0 aromatic heterocycles. The zero-order valence-electron chi connectivity index (χ0n) is 13.2. The molecule has 4 heteroatoms. The molecular formula is C18H22O4. The molecule has 0 spiro atoms. The van der Waals surface area contributed by atoms with Crippen LogP contribution in [0, 0.1) is 11.8 Å². The summed E-state index contributed by atoms with van der Waals surface area (Å²) < 4.78 is 5.15. The third kappa shape index (κ3) is 2.81. The molecule has 4 unspecified atom stereocenters. The van der Waals surface area contributed by atoms with Crippen molar-refractivity contribution < 1.29 is 19.3 Å². The van der Waals surface area contributed by atoms with Crippen molar-refractivity contribution in [2.45, 2.75) is 38.4 Å². The molecule has 0 N–H and O–H groups in total. The first kappa shape index (κ1) is 15.3. The average molecular weight is 302 g/mol. The highest BCUT2D eigenvalue weighted by molar-refractivity contribution is 5.82. The highest BCUT2D eigenvalue weighted by Crippen LogP contribution is 2.43. The van der Waals surface area contributed by atoms with Crippen LogP contribution in [-0.2, 0) is 14.6 Å². The Hall–Kier alpha value is -1.65. The van der Waals surface area contributed by atoms with E-state index < -0.39 is 5.60 Å². The van der Waals surface area contributed by atoms with Crippen LogP contribution < -0.4 is 4.74 Å². The van der Waals surface area contributed by atoms with Gasteiger partial charge in [-0.3, -0.25) is 4.79 Å². The molecule has 1 saturated heterocycles. The van der Waals surface area contributed by atoms with Gasteiger partial charge in [0.25, 0.3) is 0 Å². The Kier molecular flexibility index (Phi) is 4.06. The molecule has 4 atom stereocenters. The Morgan fingerprint density at radius 1 is 1.32 bits per heavy atom. The maximum atomic E-state index is 12.1. The second kappa shape index (κ2) is 5.86. The van der Waals surface area contributed by atoms with Crippen LogP contribution in [0.1, 0.15) is 32.3 Å². The van der Waals surface area contributed by atoms with Crippen LogP contribution in [0.3, 0.4) is 0 Å². The minimum atomic E-state index is -0.563. The fourth-order valence-electron chi connectivity index (χ4n) is 3.14. The van der Waals surface area contributed by atoms with Crippen LogP contribution in [0.25, 0.3) is 6.08 Å². The van der Waals surface area contributed by atoms with Crippen molar-refractivity contribution in [3.63, 3.8) is 0 Å². The highest BCUT2D eigenvalue weighted by Gasteiger charge is 2.48. The van der Waals surface area contributed by atoms with E-state index >= 15 is 0 Å². The third-order valence-corrected chi connectivity index (χ3v) is 4.91. The van der Waals surface area contributed by atoms with E-state index in [1.54, 1.807) is 7.11 Å². The molecule has 4 nitrogen and oxygen atoms in total. The van der Waals surface area contributed by atoms with Gasteiger partial charge < -0.3 is 4.74 Å². The lowest BCUT2D eigenvalue weighted by Crippen LogP contribution is -2.51. The number of methoxy groups -OCH3 is 1. The summed E-state index contributed by atoms with van der Waals surface area (Å²) in [6.45, 7) is 3.90. The quantitative estimate of drug-likeness (QED) is 0.803. The lowest BCUT2D eigenvalue weighted by molar-refractivity contribution is -0.415. The third-order valence-electron chi connectivity index (χ3n) is 4.91. The molecule has 1 saturated carbocycles. The molecule has 1 heterocycles. The zero-order chi connectivity index (χ0) is 15.7. The van der Waals surface area contributed by atoms with Crippen molar-refractivity contribution in [1.82, 2.24) is 0 Å². The van der Waals surface area contributed by atoms with Gasteiger partial charge >= 0.3 is 0 Å². The summed E-state index contributed by atoms with van der Waals surface area (Å²) >= 11 is 0. The van der Waals surface area contributed by atoms with Crippen molar-refractivity contribution in [3.05, 3.63) is 35.9 Å². The molecule has 22 heavy (non-hydrogen) atoms. The van der Waals surface area contributed by atoms with Gasteiger partial charge in [0.2, 0.25) is 0 Å². The van der Waals surface area contributed by atoms with Crippen LogP contribution in [0.5, 0.6) is 5.75 Å². The van der Waals surface area contributed by atoms with Crippen LogP contribution in [0.4, 0.5) is 0 Å². The Bertz CT molecular complexity index is 577. The number of hydrogen-bond donors (Lipinski definition) is 0. The Labute approximate surface area is 131 Å². The number of hydrogen-bond acceptors (Lipinski definition) is 4. The topological polar surface area (TPSA) is 44.8 Å². The molecule has 1 aromatic carbocycles. The first-order valence-corrected chi connectivity index (χ1v) is 7.72. The molecule has 2 aliphatic rings. The highest BCUT2D eigenvalue weighted by atomic mass is 17.2. The predicted molar refractivity (Wildman–Crippen MR) is 83.3 cm³/mol. The Morgan fingerprint density at radius 3 is 2.73 bits per heavy atom. The summed E-state index contributed by atoms with van der Waals surface area (Å²) in [5, 5.41) is 0. The average Bonchev–Trinajstić information content (AvgIpc) is 2.54. The standard InChI is InChI=1S/C18H22O4/c1-12-16(19)10-14-11-17(12)21-22-18(14,2)9-8-13-4-6-15(20-3)7-5-13/h4-9,12,14,17H,10-11H2,1-3H3. The van der Waals surface area contributed by atoms with E-state index in [9.17, 15) is 4.79 Å². The molecule has 1 aliphatic heterocycles. The lowest BCUT2D eigenvalue weighted by atomic mass is 9.71. The predicted octanol–water partition coefficient (Wildman–Crippen LogP) is 3.41. The first-order chi connectivity index (χ1) is 10.5. The van der Waals surface area contributed by atoms with Crippen LogP contribution in [0.15, 0.2) is 30.3 Å². The Morgan fingerprint density at radius 2 is 2.05 bits per heavy atom. The molecule has 2 fully saturated rings. The second-order valence-electron chi connectivity index (χ2n) is 6.40. The maximum absolute atomic E-state index is 12.1. The minimum absolute atomic E-state index is 0.0635. The summed E-state index contributed by atoms with van der Waals surface area (Å²) in [4.78, 5) is 23.2. The van der Waals surface area contributed by atoms with Gasteiger partial charge in [0.1, 0.15) is 23.2 Å². The van der Waals surface area contributed by atoms with E-state index in [-0.39, 0.29) is 23.7 Å². The summed E-state index contributed by atoms with van der Waals surface area (Å²) in [5.41, 5.74) is 0.495. The number of carbonyl (C=O) groups excluding carboxylic acids is 1. The van der Waals surface area contributed by atoms with E-state index in [1.165, 1.54) is 0 Å². The van der Waals surface area contributed by atoms with Crippen molar-refractivity contribution in [1.29, 1.82) is 0 Å². The number of rotatable bonds is 3. The van der Waals surface area contributed by atoms with Crippen LogP contribution >= 0.6 is 0 Å². The Balaban J connectivity index is 1.75. The maximum Gasteiger partial charge on any atom is 0.138 e. The van der Waals surface area contributed by atoms with E-state index in [4.69, 9.17) is 14.5 Å². The largest absolute Gasteiger partial charge is 0.497 e. The molecule has 1 aromatic rings. The monoisotopic (exact) mass is 302 g/mol. The molecule has 2 bridgehead atoms. The first-order valence-electron chi connectivity index (χ1n) is 7.72. The van der Waals surface area contributed by atoms with E-state index in [0.717, 1.165) is 17.7 Å². The van der Waals surface area contributed by atoms with Crippen LogP contribution in [0.2, 0.25) is 0 Å². The zero-order valence-corrected chi connectivity index (χ0v) is 13.2. The van der Waals surface area contributed by atoms with E-state index in [0.29, 0.717) is 6.42 Å². The number of ketones is 1. The van der Waals surface area contributed by atoms with E-state index in [2.05, 4.69) is 0 Å². The van der Waals surface area contributed by atoms with Gasteiger partial charge in [-0.1, -0.05) is 25.1 Å². The van der Waals surface area contributed by atoms with Gasteiger partial charge in [-0.2, -0.15) is 0 Å². The fourth-order valence-corrected chi connectivity index (χ4v) is 3.14. The SMILES string of the molecule is COc1ccc(C=CC2(C)OOC3CC2CC(=O)C3C)cc1. The minimum Gasteiger partial charge on any atom is -0.497 e. The van der Waals surface area contributed by atoms with Crippen molar-refractivity contribution >= 4 is 11.9 Å². The second-order valence-corrected chi connectivity index (χ2v) is 6.40.